The van der Waals surface area contributed by atoms with Gasteiger partial charge in [-0.05, 0) is 18.2 Å². The number of carbonyl (C=O) groups excluding carboxylic acids is 1. The third-order valence-corrected chi connectivity index (χ3v) is 2.64. The molecule has 1 aromatic rings. The van der Waals surface area contributed by atoms with Crippen LogP contribution in [0.5, 0.6) is 0 Å². The number of urea groups is 1. The maximum atomic E-state index is 11.9. The van der Waals surface area contributed by atoms with Crippen molar-refractivity contribution in [3.8, 4) is 0 Å². The molecule has 0 bridgehead atoms. The summed E-state index contributed by atoms with van der Waals surface area (Å²) in [5.41, 5.74) is 0.171. The van der Waals surface area contributed by atoms with Crippen LogP contribution >= 0.6 is 11.6 Å². The largest absolute Gasteiger partial charge is 0.478 e. The molecular formula is C12H15ClN2O5. The Morgan fingerprint density at radius 2 is 1.75 bits per heavy atom. The Balaban J connectivity index is 2.85. The summed E-state index contributed by atoms with van der Waals surface area (Å²) in [5, 5.41) is 29.2. The van der Waals surface area contributed by atoms with Crippen LogP contribution in [0.3, 0.4) is 0 Å². The van der Waals surface area contributed by atoms with Crippen LogP contribution in [0.25, 0.3) is 0 Å². The maximum Gasteiger partial charge on any atom is 0.335 e. The average molecular weight is 303 g/mol. The van der Waals surface area contributed by atoms with Crippen molar-refractivity contribution < 1.29 is 24.9 Å². The van der Waals surface area contributed by atoms with Crippen molar-refractivity contribution in [3.05, 3.63) is 28.8 Å². The monoisotopic (exact) mass is 302 g/mol. The van der Waals surface area contributed by atoms with Crippen LogP contribution in [0.4, 0.5) is 10.5 Å². The molecule has 110 valence electrons. The van der Waals surface area contributed by atoms with Gasteiger partial charge in [-0.3, -0.25) is 0 Å². The molecular weight excluding hydrogens is 288 g/mol. The fourth-order valence-corrected chi connectivity index (χ4v) is 1.78. The molecule has 0 aliphatic rings. The normalized spacial score (nSPS) is 10.2. The third-order valence-electron chi connectivity index (χ3n) is 2.42. The third kappa shape index (κ3) is 4.69. The predicted molar refractivity (Wildman–Crippen MR) is 73.2 cm³/mol. The standard InChI is InChI=1S/C12H15ClN2O5/c13-9-5-8(11(18)19)6-10(7-9)14-12(20)15(1-3-16)2-4-17/h5-7,16-17H,1-4H2,(H,14,20)(H,18,19). The molecule has 2 amide bonds. The first kappa shape index (κ1) is 16.2. The van der Waals surface area contributed by atoms with Crippen LogP contribution < -0.4 is 5.32 Å². The molecule has 0 aromatic heterocycles. The van der Waals surface area contributed by atoms with Gasteiger partial charge < -0.3 is 25.5 Å². The van der Waals surface area contributed by atoms with E-state index in [1.807, 2.05) is 0 Å². The van der Waals surface area contributed by atoms with E-state index in [0.717, 1.165) is 0 Å². The fourth-order valence-electron chi connectivity index (χ4n) is 1.54. The van der Waals surface area contributed by atoms with Crippen LogP contribution in [-0.2, 0) is 0 Å². The Bertz CT molecular complexity index is 489. The van der Waals surface area contributed by atoms with Crippen molar-refractivity contribution in [1.29, 1.82) is 0 Å². The molecule has 7 nitrogen and oxygen atoms in total. The van der Waals surface area contributed by atoms with Gasteiger partial charge in [0.05, 0.1) is 18.8 Å². The second kappa shape index (κ2) is 7.68. The van der Waals surface area contributed by atoms with Gasteiger partial charge in [-0.25, -0.2) is 9.59 Å². The first-order chi connectivity index (χ1) is 9.47. The lowest BCUT2D eigenvalue weighted by Gasteiger charge is -2.21. The van der Waals surface area contributed by atoms with Crippen LogP contribution in [0.2, 0.25) is 5.02 Å². The van der Waals surface area contributed by atoms with Crippen molar-refractivity contribution in [2.75, 3.05) is 31.6 Å². The second-order valence-corrected chi connectivity index (χ2v) is 4.33. The van der Waals surface area contributed by atoms with Gasteiger partial charge >= 0.3 is 12.0 Å². The lowest BCUT2D eigenvalue weighted by molar-refractivity contribution is 0.0697. The number of halogens is 1. The number of amides is 2. The van der Waals surface area contributed by atoms with Gasteiger partial charge in [0.2, 0.25) is 0 Å². The van der Waals surface area contributed by atoms with Gasteiger partial charge in [-0.1, -0.05) is 11.6 Å². The second-order valence-electron chi connectivity index (χ2n) is 3.90. The van der Waals surface area contributed by atoms with Gasteiger partial charge in [0, 0.05) is 23.8 Å². The van der Waals surface area contributed by atoms with Crippen molar-refractivity contribution >= 4 is 29.3 Å². The van der Waals surface area contributed by atoms with Gasteiger partial charge in [-0.2, -0.15) is 0 Å². The first-order valence-electron chi connectivity index (χ1n) is 5.79. The molecule has 0 aliphatic heterocycles. The van der Waals surface area contributed by atoms with E-state index < -0.39 is 12.0 Å². The van der Waals surface area contributed by atoms with E-state index in [1.54, 1.807) is 0 Å². The highest BCUT2D eigenvalue weighted by molar-refractivity contribution is 6.31. The predicted octanol–water partition coefficient (Wildman–Crippen LogP) is 0.857. The zero-order valence-corrected chi connectivity index (χ0v) is 11.3. The summed E-state index contributed by atoms with van der Waals surface area (Å²) in [6, 6.07) is 3.37. The van der Waals surface area contributed by atoms with Crippen molar-refractivity contribution in [3.63, 3.8) is 0 Å². The lowest BCUT2D eigenvalue weighted by Crippen LogP contribution is -2.39. The Hall–Kier alpha value is -1.83. The highest BCUT2D eigenvalue weighted by Crippen LogP contribution is 2.19. The number of anilines is 1. The van der Waals surface area contributed by atoms with Gasteiger partial charge in [0.25, 0.3) is 0 Å². The zero-order valence-electron chi connectivity index (χ0n) is 10.5. The molecule has 0 heterocycles. The lowest BCUT2D eigenvalue weighted by atomic mass is 10.2. The minimum absolute atomic E-state index is 0.0522. The first-order valence-corrected chi connectivity index (χ1v) is 6.17. The number of benzene rings is 1. The number of aliphatic hydroxyl groups is 2. The number of carboxylic acids is 1. The minimum atomic E-state index is -1.16. The van der Waals surface area contributed by atoms with Crippen LogP contribution in [-0.4, -0.2) is 58.5 Å². The van der Waals surface area contributed by atoms with Gasteiger partial charge in [-0.15, -0.1) is 0 Å². The molecule has 0 radical (unpaired) electrons. The molecule has 0 fully saturated rings. The summed E-state index contributed by atoms with van der Waals surface area (Å²) in [5.74, 6) is -1.16. The highest BCUT2D eigenvalue weighted by Gasteiger charge is 2.14. The summed E-state index contributed by atoms with van der Waals surface area (Å²) >= 11 is 5.77. The molecule has 8 heteroatoms. The molecule has 1 aromatic carbocycles. The van der Waals surface area contributed by atoms with Gasteiger partial charge in [0.1, 0.15) is 0 Å². The van der Waals surface area contributed by atoms with E-state index in [4.69, 9.17) is 26.9 Å². The number of nitrogens with one attached hydrogen (secondary N) is 1. The Morgan fingerprint density at radius 3 is 2.25 bits per heavy atom. The molecule has 0 unspecified atom stereocenters. The van der Waals surface area contributed by atoms with E-state index in [0.29, 0.717) is 0 Å². The van der Waals surface area contributed by atoms with E-state index in [1.165, 1.54) is 23.1 Å². The Morgan fingerprint density at radius 1 is 1.15 bits per heavy atom. The topological polar surface area (TPSA) is 110 Å². The number of hydrogen-bond acceptors (Lipinski definition) is 4. The Kier molecular flexibility index (Phi) is 6.23. The van der Waals surface area contributed by atoms with Gasteiger partial charge in [0.15, 0.2) is 0 Å². The molecule has 0 saturated carbocycles. The zero-order chi connectivity index (χ0) is 15.1. The SMILES string of the molecule is O=C(O)c1cc(Cl)cc(NC(=O)N(CCO)CCO)c1. The summed E-state index contributed by atoms with van der Waals surface area (Å²) < 4.78 is 0. The molecule has 20 heavy (non-hydrogen) atoms. The fraction of sp³-hybridized carbons (Fsp3) is 0.333. The van der Waals surface area contributed by atoms with E-state index in [2.05, 4.69) is 5.32 Å². The summed E-state index contributed by atoms with van der Waals surface area (Å²) in [4.78, 5) is 24.0. The summed E-state index contributed by atoms with van der Waals surface area (Å²) in [7, 11) is 0. The van der Waals surface area contributed by atoms with E-state index in [-0.39, 0.29) is 42.6 Å². The molecule has 0 saturated heterocycles. The minimum Gasteiger partial charge on any atom is -0.478 e. The van der Waals surface area contributed by atoms with Crippen LogP contribution in [0.15, 0.2) is 18.2 Å². The number of carboxylic acid groups (broad SMARTS) is 1. The molecule has 1 rings (SSSR count). The Labute approximate surface area is 120 Å². The number of rotatable bonds is 6. The number of nitrogens with zero attached hydrogens (tertiary/aromatic N) is 1. The van der Waals surface area contributed by atoms with Crippen LogP contribution in [0, 0.1) is 0 Å². The number of hydrogen-bond donors (Lipinski definition) is 4. The van der Waals surface area contributed by atoms with E-state index >= 15 is 0 Å². The summed E-state index contributed by atoms with van der Waals surface area (Å²) in [6.45, 7) is -0.385. The van der Waals surface area contributed by atoms with Crippen LogP contribution in [0.1, 0.15) is 10.4 Å². The molecule has 4 N–H and O–H groups in total. The highest BCUT2D eigenvalue weighted by atomic mass is 35.5. The van der Waals surface area contributed by atoms with Crippen molar-refractivity contribution in [2.45, 2.75) is 0 Å². The maximum absolute atomic E-state index is 11.9. The average Bonchev–Trinajstić information content (AvgIpc) is 2.37. The quantitative estimate of drug-likeness (QED) is 0.623. The molecule has 0 atom stereocenters. The number of aromatic carboxylic acids is 1. The van der Waals surface area contributed by atoms with E-state index in [9.17, 15) is 9.59 Å². The van der Waals surface area contributed by atoms with Crippen molar-refractivity contribution in [1.82, 2.24) is 4.90 Å². The number of aliphatic hydroxyl groups excluding tert-OH is 2. The number of carbonyl (C=O) groups is 2. The van der Waals surface area contributed by atoms with Crippen molar-refractivity contribution in [2.24, 2.45) is 0 Å². The summed E-state index contributed by atoms with van der Waals surface area (Å²) in [6.07, 6.45) is 0. The smallest absolute Gasteiger partial charge is 0.335 e. The molecule has 0 aliphatic carbocycles. The molecule has 0 spiro atoms.